The second kappa shape index (κ2) is 10.8. The number of allylic oxidation sites excluding steroid dienone is 1. The van der Waals surface area contributed by atoms with Crippen molar-refractivity contribution in [1.29, 1.82) is 0 Å². The molecule has 1 unspecified atom stereocenters. The Bertz CT molecular complexity index is 920. The van der Waals surface area contributed by atoms with Crippen molar-refractivity contribution in [2.45, 2.75) is 26.1 Å². The second-order valence-corrected chi connectivity index (χ2v) is 7.89. The molecule has 1 atom stereocenters. The summed E-state index contributed by atoms with van der Waals surface area (Å²) in [5.74, 6) is 0.0667. The van der Waals surface area contributed by atoms with E-state index in [4.69, 9.17) is 4.74 Å². The molecular weight excluding hydrogens is 417 g/mol. The SMILES string of the molecule is C/C=C(\C)C(=O)N1CCN(CCOC(c2ccccc2)c2cccc(C(F)(F)F)c2)CC1. The van der Waals surface area contributed by atoms with Crippen LogP contribution in [-0.4, -0.2) is 55.0 Å². The van der Waals surface area contributed by atoms with Crippen LogP contribution in [-0.2, 0) is 15.7 Å². The first-order valence-electron chi connectivity index (χ1n) is 10.8. The zero-order valence-electron chi connectivity index (χ0n) is 18.4. The average molecular weight is 447 g/mol. The number of amides is 1. The van der Waals surface area contributed by atoms with Crippen LogP contribution < -0.4 is 0 Å². The Hall–Kier alpha value is -2.64. The summed E-state index contributed by atoms with van der Waals surface area (Å²) in [6, 6.07) is 14.6. The lowest BCUT2D eigenvalue weighted by Crippen LogP contribution is -2.49. The minimum absolute atomic E-state index is 0.0667. The Morgan fingerprint density at radius 3 is 2.31 bits per heavy atom. The maximum atomic E-state index is 13.2. The maximum Gasteiger partial charge on any atom is 0.416 e. The number of hydrogen-bond donors (Lipinski definition) is 0. The van der Waals surface area contributed by atoms with E-state index in [0.717, 1.165) is 36.4 Å². The summed E-state index contributed by atoms with van der Waals surface area (Å²) in [6.07, 6.45) is -3.17. The van der Waals surface area contributed by atoms with Gasteiger partial charge in [-0.3, -0.25) is 9.69 Å². The van der Waals surface area contributed by atoms with Gasteiger partial charge in [0.25, 0.3) is 0 Å². The Kier molecular flexibility index (Phi) is 8.10. The van der Waals surface area contributed by atoms with Crippen molar-refractivity contribution in [3.8, 4) is 0 Å². The summed E-state index contributed by atoms with van der Waals surface area (Å²) in [4.78, 5) is 16.3. The fraction of sp³-hybridized carbons (Fsp3) is 0.400. The third-order valence-electron chi connectivity index (χ3n) is 5.74. The third-order valence-corrected chi connectivity index (χ3v) is 5.74. The molecule has 0 radical (unpaired) electrons. The van der Waals surface area contributed by atoms with Gasteiger partial charge in [-0.25, -0.2) is 0 Å². The van der Waals surface area contributed by atoms with Crippen molar-refractivity contribution < 1.29 is 22.7 Å². The molecular formula is C25H29F3N2O2. The molecule has 0 aromatic heterocycles. The minimum Gasteiger partial charge on any atom is -0.367 e. The molecule has 172 valence electrons. The van der Waals surface area contributed by atoms with Gasteiger partial charge in [0.1, 0.15) is 6.10 Å². The molecule has 1 aliphatic heterocycles. The van der Waals surface area contributed by atoms with Gasteiger partial charge >= 0.3 is 6.18 Å². The van der Waals surface area contributed by atoms with Gasteiger partial charge in [-0.15, -0.1) is 0 Å². The number of carbonyl (C=O) groups is 1. The van der Waals surface area contributed by atoms with E-state index in [2.05, 4.69) is 4.90 Å². The van der Waals surface area contributed by atoms with Gasteiger partial charge in [0.15, 0.2) is 0 Å². The number of benzene rings is 2. The molecule has 32 heavy (non-hydrogen) atoms. The Balaban J connectivity index is 1.62. The van der Waals surface area contributed by atoms with Gasteiger partial charge in [0.2, 0.25) is 5.91 Å². The molecule has 1 heterocycles. The van der Waals surface area contributed by atoms with Crippen LogP contribution >= 0.6 is 0 Å². The van der Waals surface area contributed by atoms with Gasteiger partial charge in [-0.2, -0.15) is 13.2 Å². The lowest BCUT2D eigenvalue weighted by Gasteiger charge is -2.35. The van der Waals surface area contributed by atoms with Gasteiger partial charge in [-0.1, -0.05) is 48.5 Å². The zero-order valence-corrected chi connectivity index (χ0v) is 18.4. The van der Waals surface area contributed by atoms with Crippen molar-refractivity contribution >= 4 is 5.91 Å². The highest BCUT2D eigenvalue weighted by Gasteiger charge is 2.31. The Labute approximate surface area is 187 Å². The summed E-state index contributed by atoms with van der Waals surface area (Å²) in [7, 11) is 0. The monoisotopic (exact) mass is 446 g/mol. The van der Waals surface area contributed by atoms with Crippen molar-refractivity contribution in [2.24, 2.45) is 0 Å². The lowest BCUT2D eigenvalue weighted by atomic mass is 9.99. The van der Waals surface area contributed by atoms with Crippen LogP contribution in [0.4, 0.5) is 13.2 Å². The smallest absolute Gasteiger partial charge is 0.367 e. The van der Waals surface area contributed by atoms with E-state index in [1.165, 1.54) is 6.07 Å². The standard InChI is InChI=1S/C25H29F3N2O2/c1-3-19(2)24(31)30-14-12-29(13-15-30)16-17-32-23(20-8-5-4-6-9-20)21-10-7-11-22(18-21)25(26,27)28/h3-11,18,23H,12-17H2,1-2H3/b19-3+. The number of piperazine rings is 1. The van der Waals surface area contributed by atoms with Gasteiger partial charge in [-0.05, 0) is 37.1 Å². The number of rotatable bonds is 7. The normalized spacial score (nSPS) is 16.8. The predicted molar refractivity (Wildman–Crippen MR) is 118 cm³/mol. The fourth-order valence-electron chi connectivity index (χ4n) is 3.74. The molecule has 1 aliphatic rings. The highest BCUT2D eigenvalue weighted by molar-refractivity contribution is 5.92. The first-order valence-corrected chi connectivity index (χ1v) is 10.8. The highest BCUT2D eigenvalue weighted by Crippen LogP contribution is 2.33. The topological polar surface area (TPSA) is 32.8 Å². The number of carbonyl (C=O) groups excluding carboxylic acids is 1. The zero-order chi connectivity index (χ0) is 23.1. The molecule has 7 heteroatoms. The van der Waals surface area contributed by atoms with Crippen molar-refractivity contribution in [3.63, 3.8) is 0 Å². The number of alkyl halides is 3. The van der Waals surface area contributed by atoms with Gasteiger partial charge < -0.3 is 9.64 Å². The van der Waals surface area contributed by atoms with Crippen LogP contribution in [0.2, 0.25) is 0 Å². The summed E-state index contributed by atoms with van der Waals surface area (Å²) < 4.78 is 45.7. The first kappa shape index (κ1) is 24.0. The largest absolute Gasteiger partial charge is 0.416 e. The number of ether oxygens (including phenoxy) is 1. The molecule has 0 aliphatic carbocycles. The van der Waals surface area contributed by atoms with Crippen LogP contribution in [0.15, 0.2) is 66.2 Å². The summed E-state index contributed by atoms with van der Waals surface area (Å²) >= 11 is 0. The van der Waals surface area contributed by atoms with E-state index in [1.807, 2.05) is 55.2 Å². The summed E-state index contributed by atoms with van der Waals surface area (Å²) in [5, 5.41) is 0. The Morgan fingerprint density at radius 1 is 1.03 bits per heavy atom. The molecule has 0 bridgehead atoms. The number of nitrogens with zero attached hydrogens (tertiary/aromatic N) is 2. The van der Waals surface area contributed by atoms with Crippen LogP contribution in [0, 0.1) is 0 Å². The van der Waals surface area contributed by atoms with Gasteiger partial charge in [0, 0.05) is 38.3 Å². The summed E-state index contributed by atoms with van der Waals surface area (Å²) in [5.41, 5.74) is 1.35. The second-order valence-electron chi connectivity index (χ2n) is 7.89. The summed E-state index contributed by atoms with van der Waals surface area (Å²) in [6.45, 7) is 7.48. The quantitative estimate of drug-likeness (QED) is 0.566. The molecule has 2 aromatic carbocycles. The fourth-order valence-corrected chi connectivity index (χ4v) is 3.74. The maximum absolute atomic E-state index is 13.2. The Morgan fingerprint density at radius 2 is 1.69 bits per heavy atom. The van der Waals surface area contributed by atoms with Crippen molar-refractivity contribution in [1.82, 2.24) is 9.80 Å². The molecule has 4 nitrogen and oxygen atoms in total. The van der Waals surface area contributed by atoms with Crippen LogP contribution in [0.25, 0.3) is 0 Å². The third kappa shape index (κ3) is 6.20. The predicted octanol–water partition coefficient (Wildman–Crippen LogP) is 4.92. The van der Waals surface area contributed by atoms with Crippen LogP contribution in [0.5, 0.6) is 0 Å². The van der Waals surface area contributed by atoms with E-state index in [0.29, 0.717) is 31.8 Å². The minimum atomic E-state index is -4.40. The van der Waals surface area contributed by atoms with E-state index >= 15 is 0 Å². The number of hydrogen-bond acceptors (Lipinski definition) is 3. The molecule has 0 N–H and O–H groups in total. The lowest BCUT2D eigenvalue weighted by molar-refractivity contribution is -0.137. The molecule has 1 fully saturated rings. The number of halogens is 3. The van der Waals surface area contributed by atoms with Crippen LogP contribution in [0.1, 0.15) is 36.6 Å². The molecule has 0 spiro atoms. The molecule has 3 rings (SSSR count). The van der Waals surface area contributed by atoms with E-state index in [1.54, 1.807) is 6.07 Å². The van der Waals surface area contributed by atoms with Crippen molar-refractivity contribution in [3.05, 3.63) is 82.9 Å². The van der Waals surface area contributed by atoms with Gasteiger partial charge in [0.05, 0.1) is 12.2 Å². The first-order chi connectivity index (χ1) is 15.3. The highest BCUT2D eigenvalue weighted by atomic mass is 19.4. The van der Waals surface area contributed by atoms with Crippen molar-refractivity contribution in [2.75, 3.05) is 39.3 Å². The molecule has 1 saturated heterocycles. The molecule has 0 saturated carbocycles. The van der Waals surface area contributed by atoms with E-state index in [-0.39, 0.29) is 5.91 Å². The molecule has 1 amide bonds. The van der Waals surface area contributed by atoms with E-state index in [9.17, 15) is 18.0 Å². The van der Waals surface area contributed by atoms with Crippen LogP contribution in [0.3, 0.4) is 0 Å². The molecule has 2 aromatic rings. The van der Waals surface area contributed by atoms with E-state index < -0.39 is 17.8 Å². The average Bonchev–Trinajstić information content (AvgIpc) is 2.81.